The highest BCUT2D eigenvalue weighted by molar-refractivity contribution is 6.30. The average molecular weight is 441 g/mol. The summed E-state index contributed by atoms with van der Waals surface area (Å²) in [6, 6.07) is 5.69. The van der Waals surface area contributed by atoms with Crippen LogP contribution >= 0.6 is 11.6 Å². The highest BCUT2D eigenvalue weighted by Gasteiger charge is 2.28. The Bertz CT molecular complexity index is 1060. The lowest BCUT2D eigenvalue weighted by atomic mass is 9.96. The van der Waals surface area contributed by atoms with Crippen LogP contribution < -0.4 is 10.2 Å². The first-order valence-corrected chi connectivity index (χ1v) is 12.1. The van der Waals surface area contributed by atoms with E-state index in [-0.39, 0.29) is 5.92 Å². The third-order valence-corrected chi connectivity index (χ3v) is 7.43. The Balaban J connectivity index is 1.62. The summed E-state index contributed by atoms with van der Waals surface area (Å²) in [4.78, 5) is 7.75. The fourth-order valence-corrected chi connectivity index (χ4v) is 5.53. The maximum Gasteiger partial charge on any atom is 0.114 e. The minimum Gasteiger partial charge on any atom is -0.372 e. The molecule has 1 aromatic carbocycles. The van der Waals surface area contributed by atoms with Gasteiger partial charge in [-0.1, -0.05) is 18.5 Å². The molecule has 0 radical (unpaired) electrons. The summed E-state index contributed by atoms with van der Waals surface area (Å²) in [5.41, 5.74) is 5.26. The van der Waals surface area contributed by atoms with Crippen LogP contribution in [0.3, 0.4) is 0 Å². The van der Waals surface area contributed by atoms with Gasteiger partial charge in [-0.15, -0.1) is 0 Å². The van der Waals surface area contributed by atoms with Crippen LogP contribution in [0.25, 0.3) is 11.0 Å². The van der Waals surface area contributed by atoms with Crippen molar-refractivity contribution in [3.05, 3.63) is 40.9 Å². The van der Waals surface area contributed by atoms with Crippen LogP contribution in [0, 0.1) is 0 Å². The second-order valence-electron chi connectivity index (χ2n) is 9.39. The molecule has 4 heterocycles. The van der Waals surface area contributed by atoms with E-state index < -0.39 is 0 Å². The quantitative estimate of drug-likeness (QED) is 0.634. The molecule has 0 bridgehead atoms. The molecule has 2 aromatic heterocycles. The molecule has 2 aliphatic heterocycles. The van der Waals surface area contributed by atoms with Crippen molar-refractivity contribution in [2.45, 2.75) is 70.5 Å². The van der Waals surface area contributed by atoms with Gasteiger partial charge in [0.1, 0.15) is 5.82 Å². The predicted octanol–water partition coefficient (Wildman–Crippen LogP) is 4.78. The van der Waals surface area contributed by atoms with Gasteiger partial charge in [0.25, 0.3) is 0 Å². The molecule has 5 rings (SSSR count). The fraction of sp³-hybridized carbons (Fsp3) is 0.583. The standard InChI is InChI=1S/C24H33ClN6/c1-16(14-30-15-18(25)13-27-30)24-28-23-20-7-6-17(2)29(3)21(20)8-9-22(23)31(24)19-5-4-11-26-12-10-19/h8-9,13,15-17,19,26H,4-7,10-12,14H2,1-3H3. The second kappa shape index (κ2) is 8.47. The van der Waals surface area contributed by atoms with Gasteiger partial charge in [-0.05, 0) is 64.3 Å². The largest absolute Gasteiger partial charge is 0.372 e. The molecule has 7 heteroatoms. The third-order valence-electron chi connectivity index (χ3n) is 7.24. The van der Waals surface area contributed by atoms with E-state index in [1.165, 1.54) is 47.4 Å². The molecule has 3 aromatic rings. The van der Waals surface area contributed by atoms with Gasteiger partial charge in [-0.25, -0.2) is 4.98 Å². The first-order chi connectivity index (χ1) is 15.0. The van der Waals surface area contributed by atoms with E-state index in [0.717, 1.165) is 32.5 Å². The molecule has 3 unspecified atom stereocenters. The zero-order valence-corrected chi connectivity index (χ0v) is 19.6. The Morgan fingerprint density at radius 2 is 2.10 bits per heavy atom. The number of benzene rings is 1. The molecule has 1 fully saturated rings. The van der Waals surface area contributed by atoms with Gasteiger partial charge >= 0.3 is 0 Å². The van der Waals surface area contributed by atoms with Crippen molar-refractivity contribution < 1.29 is 0 Å². The summed E-state index contributed by atoms with van der Waals surface area (Å²) < 4.78 is 4.51. The van der Waals surface area contributed by atoms with Gasteiger partial charge in [0.15, 0.2) is 0 Å². The van der Waals surface area contributed by atoms with Gasteiger partial charge in [0, 0.05) is 42.5 Å². The Hall–Kier alpha value is -2.05. The van der Waals surface area contributed by atoms with Crippen LogP contribution in [0.4, 0.5) is 5.69 Å². The number of hydrogen-bond acceptors (Lipinski definition) is 4. The lowest BCUT2D eigenvalue weighted by Gasteiger charge is -2.34. The normalized spacial score (nSPS) is 23.0. The minimum atomic E-state index is 0.246. The van der Waals surface area contributed by atoms with Crippen LogP contribution in [-0.4, -0.2) is 45.5 Å². The van der Waals surface area contributed by atoms with Gasteiger partial charge in [0.05, 0.1) is 28.8 Å². The number of imidazole rings is 1. The van der Waals surface area contributed by atoms with E-state index in [1.807, 2.05) is 10.9 Å². The Labute approximate surface area is 189 Å². The summed E-state index contributed by atoms with van der Waals surface area (Å²) in [7, 11) is 2.22. The Morgan fingerprint density at radius 3 is 2.90 bits per heavy atom. The molecule has 0 amide bonds. The number of nitrogens with one attached hydrogen (secondary N) is 1. The highest BCUT2D eigenvalue weighted by atomic mass is 35.5. The molecule has 1 saturated heterocycles. The monoisotopic (exact) mass is 440 g/mol. The molecule has 0 aliphatic carbocycles. The van der Waals surface area contributed by atoms with E-state index in [0.29, 0.717) is 17.1 Å². The third kappa shape index (κ3) is 3.85. The summed E-state index contributed by atoms with van der Waals surface area (Å²) in [5.74, 6) is 1.43. The smallest absolute Gasteiger partial charge is 0.114 e. The number of nitrogens with zero attached hydrogens (tertiary/aromatic N) is 5. The molecule has 1 N–H and O–H groups in total. The molecule has 6 nitrogen and oxygen atoms in total. The Kier molecular flexibility index (Phi) is 5.69. The van der Waals surface area contributed by atoms with Crippen LogP contribution in [0.1, 0.15) is 62.9 Å². The fourth-order valence-electron chi connectivity index (χ4n) is 5.38. The zero-order valence-electron chi connectivity index (χ0n) is 18.8. The summed E-state index contributed by atoms with van der Waals surface area (Å²) in [6.45, 7) is 7.53. The molecular formula is C24H33ClN6. The average Bonchev–Trinajstić information content (AvgIpc) is 3.24. The first-order valence-electron chi connectivity index (χ1n) is 11.7. The SMILES string of the molecule is CC(Cn1cc(Cl)cn1)c1nc2c3c(ccc2n1C1CCCNCC1)N(C)C(C)CC3. The minimum absolute atomic E-state index is 0.246. The number of hydrogen-bond donors (Lipinski definition) is 1. The van der Waals surface area contributed by atoms with Crippen molar-refractivity contribution in [3.63, 3.8) is 0 Å². The van der Waals surface area contributed by atoms with Crippen molar-refractivity contribution in [1.82, 2.24) is 24.6 Å². The maximum atomic E-state index is 6.11. The van der Waals surface area contributed by atoms with Gasteiger partial charge in [0.2, 0.25) is 0 Å². The van der Waals surface area contributed by atoms with Crippen molar-refractivity contribution in [1.29, 1.82) is 0 Å². The maximum absolute atomic E-state index is 6.11. The predicted molar refractivity (Wildman–Crippen MR) is 127 cm³/mol. The lowest BCUT2D eigenvalue weighted by Crippen LogP contribution is -2.33. The molecule has 0 spiro atoms. The number of aromatic nitrogens is 4. The number of fused-ring (bicyclic) bond motifs is 3. The van der Waals surface area contributed by atoms with E-state index in [4.69, 9.17) is 16.6 Å². The molecule has 2 aliphatic rings. The summed E-state index contributed by atoms with van der Waals surface area (Å²) >= 11 is 6.11. The molecule has 0 saturated carbocycles. The van der Waals surface area contributed by atoms with Crippen molar-refractivity contribution in [2.24, 2.45) is 0 Å². The van der Waals surface area contributed by atoms with Crippen LogP contribution in [0.15, 0.2) is 24.5 Å². The van der Waals surface area contributed by atoms with E-state index in [9.17, 15) is 0 Å². The van der Waals surface area contributed by atoms with Gasteiger partial charge in [-0.3, -0.25) is 4.68 Å². The highest BCUT2D eigenvalue weighted by Crippen LogP contribution is 2.38. The van der Waals surface area contributed by atoms with Crippen LogP contribution in [-0.2, 0) is 13.0 Å². The number of halogens is 1. The van der Waals surface area contributed by atoms with Crippen molar-refractivity contribution >= 4 is 28.3 Å². The number of anilines is 1. The van der Waals surface area contributed by atoms with Crippen LogP contribution in [0.5, 0.6) is 0 Å². The molecule has 166 valence electrons. The van der Waals surface area contributed by atoms with E-state index in [2.05, 4.69) is 52.9 Å². The van der Waals surface area contributed by atoms with E-state index >= 15 is 0 Å². The number of aryl methyl sites for hydroxylation is 1. The first kappa shape index (κ1) is 20.8. The van der Waals surface area contributed by atoms with Crippen LogP contribution in [0.2, 0.25) is 5.02 Å². The van der Waals surface area contributed by atoms with Gasteiger partial charge < -0.3 is 14.8 Å². The van der Waals surface area contributed by atoms with Crippen molar-refractivity contribution in [3.8, 4) is 0 Å². The van der Waals surface area contributed by atoms with Gasteiger partial charge in [-0.2, -0.15) is 5.10 Å². The number of rotatable bonds is 4. The molecule has 3 atom stereocenters. The van der Waals surface area contributed by atoms with E-state index in [1.54, 1.807) is 6.20 Å². The lowest BCUT2D eigenvalue weighted by molar-refractivity contribution is 0.423. The summed E-state index contributed by atoms with van der Waals surface area (Å²) in [5, 5.41) is 8.66. The Morgan fingerprint density at radius 1 is 1.23 bits per heavy atom. The van der Waals surface area contributed by atoms with Crippen molar-refractivity contribution in [2.75, 3.05) is 25.0 Å². The molecule has 31 heavy (non-hydrogen) atoms. The summed E-state index contributed by atoms with van der Waals surface area (Å²) in [6.07, 6.45) is 9.44. The zero-order chi connectivity index (χ0) is 21.5. The second-order valence-corrected chi connectivity index (χ2v) is 9.82. The topological polar surface area (TPSA) is 50.9 Å². The molecular weight excluding hydrogens is 408 g/mol.